The quantitative estimate of drug-likeness (QED) is 0.586. The average molecular weight is 220 g/mol. The van der Waals surface area contributed by atoms with Gasteiger partial charge in [0.15, 0.2) is 5.16 Å². The number of fused-ring (bicyclic) bond motifs is 1. The van der Waals surface area contributed by atoms with Crippen LogP contribution in [0.3, 0.4) is 0 Å². The molecule has 5 heteroatoms. The van der Waals surface area contributed by atoms with Crippen LogP contribution in [0.4, 0.5) is 0 Å². The monoisotopic (exact) mass is 220 g/mol. The Morgan fingerprint density at radius 3 is 3.07 bits per heavy atom. The molecule has 0 aliphatic rings. The average Bonchev–Trinajstić information content (AvgIpc) is 2.53. The summed E-state index contributed by atoms with van der Waals surface area (Å²) in [6.07, 6.45) is 3.59. The fraction of sp³-hybridized carbons (Fsp3) is 0.300. The van der Waals surface area contributed by atoms with Crippen molar-refractivity contribution in [1.29, 1.82) is 0 Å². The lowest BCUT2D eigenvalue weighted by Crippen LogP contribution is -1.98. The summed E-state index contributed by atoms with van der Waals surface area (Å²) >= 11 is 1.61. The number of hydrogen-bond donors (Lipinski definition) is 0. The third-order valence-corrected chi connectivity index (χ3v) is 3.03. The summed E-state index contributed by atoms with van der Waals surface area (Å²) in [6, 6.07) is 0. The van der Waals surface area contributed by atoms with E-state index in [4.69, 9.17) is 0 Å². The van der Waals surface area contributed by atoms with Crippen molar-refractivity contribution in [1.82, 2.24) is 19.6 Å². The number of aromatic nitrogens is 4. The minimum absolute atomic E-state index is 0.824. The van der Waals surface area contributed by atoms with Gasteiger partial charge < -0.3 is 0 Å². The first-order valence-corrected chi connectivity index (χ1v) is 5.63. The van der Waals surface area contributed by atoms with Gasteiger partial charge >= 0.3 is 0 Å². The zero-order valence-corrected chi connectivity index (χ0v) is 9.58. The molecule has 0 aromatic carbocycles. The van der Waals surface area contributed by atoms with Gasteiger partial charge in [0.25, 0.3) is 0 Å². The van der Waals surface area contributed by atoms with E-state index >= 15 is 0 Å². The molecule has 0 fully saturated rings. The molecule has 0 bridgehead atoms. The summed E-state index contributed by atoms with van der Waals surface area (Å²) in [5.41, 5.74) is 2.01. The summed E-state index contributed by atoms with van der Waals surface area (Å²) in [7, 11) is 0. The van der Waals surface area contributed by atoms with Crippen LogP contribution in [0, 0.1) is 13.8 Å². The molecule has 0 saturated carbocycles. The number of imidazole rings is 1. The van der Waals surface area contributed by atoms with E-state index in [1.807, 2.05) is 24.3 Å². The maximum Gasteiger partial charge on any atom is 0.196 e. The van der Waals surface area contributed by atoms with Crippen LogP contribution >= 0.6 is 11.8 Å². The van der Waals surface area contributed by atoms with Gasteiger partial charge in [0.1, 0.15) is 5.82 Å². The second-order valence-corrected chi connectivity index (χ2v) is 4.18. The van der Waals surface area contributed by atoms with Gasteiger partial charge in [0.05, 0.1) is 17.4 Å². The molecule has 0 spiro atoms. The number of nitrogens with zero attached hydrogens (tertiary/aromatic N) is 4. The molecule has 0 N–H and O–H groups in total. The zero-order valence-electron chi connectivity index (χ0n) is 8.77. The van der Waals surface area contributed by atoms with Gasteiger partial charge in [-0.3, -0.25) is 4.40 Å². The second kappa shape index (κ2) is 4.02. The van der Waals surface area contributed by atoms with Crippen LogP contribution in [0.5, 0.6) is 0 Å². The molecular formula is C10H12N4S. The van der Waals surface area contributed by atoms with Gasteiger partial charge in [-0.15, -0.1) is 11.7 Å². The van der Waals surface area contributed by atoms with Gasteiger partial charge in [0, 0.05) is 5.75 Å². The zero-order chi connectivity index (χ0) is 10.8. The molecule has 0 amide bonds. The van der Waals surface area contributed by atoms with Crippen molar-refractivity contribution in [2.24, 2.45) is 0 Å². The molecule has 0 atom stereocenters. The van der Waals surface area contributed by atoms with Crippen LogP contribution in [0.25, 0.3) is 5.52 Å². The molecule has 4 nitrogen and oxygen atoms in total. The molecule has 0 aliphatic heterocycles. The Kier molecular flexibility index (Phi) is 2.73. The first-order chi connectivity index (χ1) is 7.24. The topological polar surface area (TPSA) is 43.1 Å². The smallest absolute Gasteiger partial charge is 0.196 e. The van der Waals surface area contributed by atoms with E-state index in [2.05, 4.69) is 21.8 Å². The minimum Gasteiger partial charge on any atom is -0.272 e. The van der Waals surface area contributed by atoms with Crippen LogP contribution in [0.1, 0.15) is 11.5 Å². The summed E-state index contributed by atoms with van der Waals surface area (Å²) in [5, 5.41) is 8.95. The number of aryl methyl sites for hydroxylation is 2. The third kappa shape index (κ3) is 1.74. The predicted octanol–water partition coefficient (Wildman–Crippen LogP) is 2.02. The largest absolute Gasteiger partial charge is 0.272 e. The second-order valence-electron chi connectivity index (χ2n) is 3.19. The third-order valence-electron chi connectivity index (χ3n) is 2.11. The van der Waals surface area contributed by atoms with Crippen molar-refractivity contribution >= 4 is 17.3 Å². The molecule has 2 aromatic heterocycles. The minimum atomic E-state index is 0.824. The number of hydrogen-bond acceptors (Lipinski definition) is 4. The van der Waals surface area contributed by atoms with Crippen LogP contribution in [-0.4, -0.2) is 25.3 Å². The first kappa shape index (κ1) is 10.2. The Hall–Kier alpha value is -1.36. The van der Waals surface area contributed by atoms with E-state index in [-0.39, 0.29) is 0 Å². The molecule has 0 radical (unpaired) electrons. The van der Waals surface area contributed by atoms with Crippen molar-refractivity contribution in [3.8, 4) is 0 Å². The van der Waals surface area contributed by atoms with Gasteiger partial charge in [0.2, 0.25) is 0 Å². The maximum absolute atomic E-state index is 4.40. The molecule has 0 unspecified atom stereocenters. The lowest BCUT2D eigenvalue weighted by Gasteiger charge is -2.02. The summed E-state index contributed by atoms with van der Waals surface area (Å²) in [5.74, 6) is 1.77. The van der Waals surface area contributed by atoms with Gasteiger partial charge in [-0.25, -0.2) is 4.98 Å². The molecule has 0 saturated heterocycles. The standard InChI is InChI=1S/C10H12N4S/c1-4-5-15-10-13-11-6-9-7(2)12-8(3)14(9)10/h4,6H,1,5H2,2-3H3. The van der Waals surface area contributed by atoms with Gasteiger partial charge in [-0.2, -0.15) is 5.10 Å². The lowest BCUT2D eigenvalue weighted by molar-refractivity contribution is 0.787. The Bertz CT molecular complexity index is 503. The van der Waals surface area contributed by atoms with Crippen molar-refractivity contribution in [2.45, 2.75) is 19.0 Å². The number of rotatable bonds is 3. The Labute approximate surface area is 92.4 Å². The van der Waals surface area contributed by atoms with E-state index in [1.54, 1.807) is 18.0 Å². The molecule has 2 aromatic rings. The highest BCUT2D eigenvalue weighted by atomic mass is 32.2. The highest BCUT2D eigenvalue weighted by molar-refractivity contribution is 7.99. The highest BCUT2D eigenvalue weighted by Gasteiger charge is 2.09. The van der Waals surface area contributed by atoms with Crippen molar-refractivity contribution in [2.75, 3.05) is 5.75 Å². The summed E-state index contributed by atoms with van der Waals surface area (Å²) < 4.78 is 2.02. The summed E-state index contributed by atoms with van der Waals surface area (Å²) in [4.78, 5) is 4.40. The van der Waals surface area contributed by atoms with Crippen LogP contribution < -0.4 is 0 Å². The normalized spacial score (nSPS) is 10.8. The van der Waals surface area contributed by atoms with E-state index in [9.17, 15) is 0 Å². The van der Waals surface area contributed by atoms with E-state index in [0.717, 1.165) is 27.9 Å². The molecule has 2 heterocycles. The molecule has 0 aliphatic carbocycles. The summed E-state index contributed by atoms with van der Waals surface area (Å²) in [6.45, 7) is 7.64. The molecule has 78 valence electrons. The number of thioether (sulfide) groups is 1. The van der Waals surface area contributed by atoms with Crippen LogP contribution in [0.15, 0.2) is 24.0 Å². The first-order valence-electron chi connectivity index (χ1n) is 4.65. The predicted molar refractivity (Wildman–Crippen MR) is 61.2 cm³/mol. The van der Waals surface area contributed by atoms with Crippen LogP contribution in [-0.2, 0) is 0 Å². The lowest BCUT2D eigenvalue weighted by atomic mass is 10.4. The fourth-order valence-corrected chi connectivity index (χ4v) is 2.21. The van der Waals surface area contributed by atoms with Crippen molar-refractivity contribution < 1.29 is 0 Å². The van der Waals surface area contributed by atoms with Gasteiger partial charge in [-0.1, -0.05) is 17.8 Å². The molecular weight excluding hydrogens is 208 g/mol. The highest BCUT2D eigenvalue weighted by Crippen LogP contribution is 2.19. The Balaban J connectivity index is 2.58. The molecule has 2 rings (SSSR count). The van der Waals surface area contributed by atoms with Crippen molar-refractivity contribution in [3.05, 3.63) is 30.4 Å². The Morgan fingerprint density at radius 1 is 1.53 bits per heavy atom. The van der Waals surface area contributed by atoms with Crippen LogP contribution in [0.2, 0.25) is 0 Å². The van der Waals surface area contributed by atoms with E-state index in [0.29, 0.717) is 0 Å². The fourth-order valence-electron chi connectivity index (χ4n) is 1.48. The van der Waals surface area contributed by atoms with Crippen molar-refractivity contribution in [3.63, 3.8) is 0 Å². The SMILES string of the molecule is C=CCSc1nncc2c(C)nc(C)n12. The Morgan fingerprint density at radius 2 is 2.33 bits per heavy atom. The maximum atomic E-state index is 4.40. The van der Waals surface area contributed by atoms with E-state index < -0.39 is 0 Å². The van der Waals surface area contributed by atoms with E-state index in [1.165, 1.54) is 0 Å². The van der Waals surface area contributed by atoms with Gasteiger partial charge in [-0.05, 0) is 13.8 Å². The molecule has 15 heavy (non-hydrogen) atoms.